The molecule has 0 spiro atoms. The van der Waals surface area contributed by atoms with Gasteiger partial charge in [-0.3, -0.25) is 4.79 Å². The molecule has 0 saturated carbocycles. The third kappa shape index (κ3) is 2.23. The molecule has 1 aliphatic heterocycles. The van der Waals surface area contributed by atoms with Crippen LogP contribution in [0, 0.1) is 0 Å². The molecule has 2 atom stereocenters. The summed E-state index contributed by atoms with van der Waals surface area (Å²) in [6.07, 6.45) is 0.541. The summed E-state index contributed by atoms with van der Waals surface area (Å²) in [6.45, 7) is 2.17. The fourth-order valence-electron chi connectivity index (χ4n) is 2.75. The number of amides is 1. The molecular weight excluding hydrogens is 322 g/mol. The molecule has 1 saturated heterocycles. The van der Waals surface area contributed by atoms with Crippen LogP contribution >= 0.6 is 27.3 Å². The fourth-order valence-corrected chi connectivity index (χ4v) is 4.37. The minimum atomic E-state index is -0.172. The topological polar surface area (TPSA) is 29.1 Å². The Morgan fingerprint density at radius 2 is 2.11 bits per heavy atom. The van der Waals surface area contributed by atoms with Gasteiger partial charge < -0.3 is 5.32 Å². The zero-order valence-electron chi connectivity index (χ0n) is 10.5. The van der Waals surface area contributed by atoms with Crippen LogP contribution in [0.4, 0.5) is 0 Å². The summed E-state index contributed by atoms with van der Waals surface area (Å²) in [4.78, 5) is 13.1. The Bertz CT molecular complexity index is 610. The molecule has 2 unspecified atom stereocenters. The van der Waals surface area contributed by atoms with E-state index in [2.05, 4.69) is 51.7 Å². The predicted octanol–water partition coefficient (Wildman–Crippen LogP) is 4.03. The van der Waals surface area contributed by atoms with E-state index in [0.29, 0.717) is 6.42 Å². The van der Waals surface area contributed by atoms with E-state index in [4.69, 9.17) is 0 Å². The van der Waals surface area contributed by atoms with Crippen molar-refractivity contribution in [3.05, 3.63) is 56.7 Å². The highest BCUT2D eigenvalue weighted by Crippen LogP contribution is 2.46. The minimum absolute atomic E-state index is 0.0479. The first kappa shape index (κ1) is 12.9. The second-order valence-electron chi connectivity index (χ2n) is 5.13. The maximum Gasteiger partial charge on any atom is 0.221 e. The summed E-state index contributed by atoms with van der Waals surface area (Å²) < 4.78 is 1.08. The molecule has 1 N–H and O–H groups in total. The van der Waals surface area contributed by atoms with Gasteiger partial charge in [0.1, 0.15) is 0 Å². The number of hydrogen-bond acceptors (Lipinski definition) is 2. The summed E-state index contributed by atoms with van der Waals surface area (Å²) >= 11 is 5.21. The van der Waals surface area contributed by atoms with Crippen molar-refractivity contribution in [3.8, 4) is 0 Å². The highest BCUT2D eigenvalue weighted by atomic mass is 79.9. The molecule has 1 fully saturated rings. The normalized spacial score (nSPS) is 26.4. The van der Waals surface area contributed by atoms with E-state index in [9.17, 15) is 4.79 Å². The number of carbonyl (C=O) groups excluding carboxylic acids is 1. The molecule has 1 aromatic carbocycles. The molecule has 0 radical (unpaired) electrons. The van der Waals surface area contributed by atoms with Gasteiger partial charge in [0.2, 0.25) is 5.91 Å². The first-order valence-corrected chi connectivity index (χ1v) is 7.86. The lowest BCUT2D eigenvalue weighted by Crippen LogP contribution is -2.29. The molecule has 2 aromatic rings. The van der Waals surface area contributed by atoms with E-state index in [1.165, 1.54) is 10.4 Å². The zero-order valence-corrected chi connectivity index (χ0v) is 12.9. The van der Waals surface area contributed by atoms with Crippen LogP contribution in [0.25, 0.3) is 0 Å². The minimum Gasteiger partial charge on any atom is -0.348 e. The van der Waals surface area contributed by atoms with Crippen molar-refractivity contribution in [2.75, 3.05) is 0 Å². The number of rotatable bonds is 2. The van der Waals surface area contributed by atoms with Gasteiger partial charge in [-0.15, -0.1) is 11.3 Å². The van der Waals surface area contributed by atoms with Gasteiger partial charge in [-0.25, -0.2) is 0 Å². The van der Waals surface area contributed by atoms with Crippen molar-refractivity contribution in [2.24, 2.45) is 0 Å². The molecule has 98 valence electrons. The largest absolute Gasteiger partial charge is 0.348 e. The van der Waals surface area contributed by atoms with Gasteiger partial charge in [0.05, 0.1) is 6.04 Å². The van der Waals surface area contributed by atoms with Crippen molar-refractivity contribution in [1.29, 1.82) is 0 Å². The van der Waals surface area contributed by atoms with E-state index in [-0.39, 0.29) is 17.4 Å². The summed E-state index contributed by atoms with van der Waals surface area (Å²) in [7, 11) is 0. The molecule has 1 aromatic heterocycles. The maximum atomic E-state index is 11.9. The number of halogens is 1. The number of benzene rings is 1. The highest BCUT2D eigenvalue weighted by Gasteiger charge is 2.46. The molecule has 1 aliphatic rings. The lowest BCUT2D eigenvalue weighted by molar-refractivity contribution is -0.119. The number of nitrogens with one attached hydrogen (secondary N) is 1. The predicted molar refractivity (Wildman–Crippen MR) is 81.3 cm³/mol. The van der Waals surface area contributed by atoms with Crippen molar-refractivity contribution in [3.63, 3.8) is 0 Å². The summed E-state index contributed by atoms with van der Waals surface area (Å²) in [5.41, 5.74) is 0.996. The quantitative estimate of drug-likeness (QED) is 0.881. The molecule has 2 nitrogen and oxygen atoms in total. The van der Waals surface area contributed by atoms with Gasteiger partial charge in [0.15, 0.2) is 0 Å². The van der Waals surface area contributed by atoms with Crippen LogP contribution in [0.15, 0.2) is 46.3 Å². The number of hydrogen-bond donors (Lipinski definition) is 1. The molecule has 0 bridgehead atoms. The lowest BCUT2D eigenvalue weighted by Gasteiger charge is -2.29. The molecule has 0 aliphatic carbocycles. The van der Waals surface area contributed by atoms with Crippen LogP contribution < -0.4 is 5.32 Å². The Labute approximate surface area is 125 Å². The van der Waals surface area contributed by atoms with Crippen molar-refractivity contribution < 1.29 is 4.79 Å². The zero-order chi connectivity index (χ0) is 13.5. The van der Waals surface area contributed by atoms with Gasteiger partial charge in [-0.05, 0) is 27.6 Å². The number of thiophene rings is 1. The number of carbonyl (C=O) groups is 1. The van der Waals surface area contributed by atoms with Crippen molar-refractivity contribution >= 4 is 33.2 Å². The Morgan fingerprint density at radius 3 is 2.74 bits per heavy atom. The van der Waals surface area contributed by atoms with Crippen LogP contribution in [-0.4, -0.2) is 5.91 Å². The summed E-state index contributed by atoms with van der Waals surface area (Å²) in [5, 5.41) is 5.20. The standard InChI is InChI=1S/C15H14BrNOS/c1-15(12-7-11(16)9-19-12)8-13(18)17-14(15)10-5-3-2-4-6-10/h2-7,9,14H,8H2,1H3,(H,17,18). The summed E-state index contributed by atoms with van der Waals surface area (Å²) in [5.74, 6) is 0.126. The van der Waals surface area contributed by atoms with Crippen LogP contribution in [0.3, 0.4) is 0 Å². The molecule has 4 heteroatoms. The van der Waals surface area contributed by atoms with Gasteiger partial charge in [0.25, 0.3) is 0 Å². The second kappa shape index (κ2) is 4.76. The van der Waals surface area contributed by atoms with Crippen molar-refractivity contribution in [1.82, 2.24) is 5.32 Å². The fraction of sp³-hybridized carbons (Fsp3) is 0.267. The Hall–Kier alpha value is -1.13. The average molecular weight is 336 g/mol. The third-order valence-electron chi connectivity index (χ3n) is 3.73. The van der Waals surface area contributed by atoms with Crippen LogP contribution in [0.2, 0.25) is 0 Å². The van der Waals surface area contributed by atoms with Crippen LogP contribution in [0.5, 0.6) is 0 Å². The average Bonchev–Trinajstić information content (AvgIpc) is 2.95. The Balaban J connectivity index is 2.05. The van der Waals surface area contributed by atoms with Gasteiger partial charge in [0, 0.05) is 26.6 Å². The Morgan fingerprint density at radius 1 is 1.37 bits per heavy atom. The van der Waals surface area contributed by atoms with Crippen LogP contribution in [0.1, 0.15) is 29.8 Å². The van der Waals surface area contributed by atoms with Gasteiger partial charge >= 0.3 is 0 Å². The van der Waals surface area contributed by atoms with E-state index < -0.39 is 0 Å². The van der Waals surface area contributed by atoms with Crippen molar-refractivity contribution in [2.45, 2.75) is 24.8 Å². The monoisotopic (exact) mass is 335 g/mol. The molecular formula is C15H14BrNOS. The second-order valence-corrected chi connectivity index (χ2v) is 6.96. The lowest BCUT2D eigenvalue weighted by atomic mass is 9.78. The Kier molecular flexibility index (Phi) is 3.23. The highest BCUT2D eigenvalue weighted by molar-refractivity contribution is 9.10. The summed E-state index contributed by atoms with van der Waals surface area (Å²) in [6, 6.07) is 12.4. The van der Waals surface area contributed by atoms with E-state index >= 15 is 0 Å². The van der Waals surface area contributed by atoms with Gasteiger partial charge in [-0.2, -0.15) is 0 Å². The first-order chi connectivity index (χ1) is 9.09. The van der Waals surface area contributed by atoms with Crippen LogP contribution in [-0.2, 0) is 10.2 Å². The molecule has 3 rings (SSSR count). The third-order valence-corrected chi connectivity index (χ3v) is 5.70. The van der Waals surface area contributed by atoms with E-state index in [1.807, 2.05) is 18.2 Å². The molecule has 2 heterocycles. The molecule has 1 amide bonds. The van der Waals surface area contributed by atoms with Gasteiger partial charge in [-0.1, -0.05) is 37.3 Å². The van der Waals surface area contributed by atoms with E-state index in [0.717, 1.165) is 4.47 Å². The first-order valence-electron chi connectivity index (χ1n) is 6.18. The maximum absolute atomic E-state index is 11.9. The molecule has 19 heavy (non-hydrogen) atoms. The smallest absolute Gasteiger partial charge is 0.221 e. The SMILES string of the molecule is CC1(c2cc(Br)cs2)CC(=O)NC1c1ccccc1. The van der Waals surface area contributed by atoms with E-state index in [1.54, 1.807) is 11.3 Å².